The Labute approximate surface area is 251 Å². The van der Waals surface area contributed by atoms with E-state index in [1.807, 2.05) is 6.92 Å². The Bertz CT molecular complexity index is 1350. The SMILES string of the molecule is C=C(OCCOCOC)c1ccc(C(=O)Oc2ccc(C(=O)Oc3ccc(OCCCOOC=CC)cc3)c(C)c2)cc1. The van der Waals surface area contributed by atoms with E-state index in [0.29, 0.717) is 72.5 Å². The van der Waals surface area contributed by atoms with E-state index in [1.54, 1.807) is 86.8 Å². The number of aryl methyl sites for hydroxylation is 1. The minimum atomic E-state index is -0.544. The quantitative estimate of drug-likeness (QED) is 0.0318. The molecule has 0 heterocycles. The minimum Gasteiger partial charge on any atom is -0.494 e. The van der Waals surface area contributed by atoms with Crippen LogP contribution in [0.1, 0.15) is 45.2 Å². The average molecular weight is 593 g/mol. The van der Waals surface area contributed by atoms with E-state index < -0.39 is 11.9 Å². The molecule has 0 N–H and O–H groups in total. The zero-order valence-corrected chi connectivity index (χ0v) is 24.5. The molecule has 0 amide bonds. The molecular weight excluding hydrogens is 556 g/mol. The molecular formula is C33H36O10. The lowest BCUT2D eigenvalue weighted by Gasteiger charge is -2.11. The van der Waals surface area contributed by atoms with E-state index >= 15 is 0 Å². The Kier molecular flexibility index (Phi) is 13.8. The molecule has 3 aromatic rings. The zero-order valence-electron chi connectivity index (χ0n) is 24.5. The van der Waals surface area contributed by atoms with Crippen LogP contribution in [0.3, 0.4) is 0 Å². The van der Waals surface area contributed by atoms with Crippen LogP contribution in [0.15, 0.2) is 85.6 Å². The number of hydrogen-bond donors (Lipinski definition) is 0. The molecule has 0 aliphatic rings. The molecule has 0 aromatic heterocycles. The molecule has 0 atom stereocenters. The summed E-state index contributed by atoms with van der Waals surface area (Å²) < 4.78 is 32.2. The van der Waals surface area contributed by atoms with Gasteiger partial charge in [0.05, 0.1) is 30.9 Å². The van der Waals surface area contributed by atoms with Gasteiger partial charge in [-0.25, -0.2) is 9.59 Å². The fourth-order valence-electron chi connectivity index (χ4n) is 3.55. The predicted molar refractivity (Wildman–Crippen MR) is 159 cm³/mol. The molecule has 3 rings (SSSR count). The topological polar surface area (TPSA) is 108 Å². The lowest BCUT2D eigenvalue weighted by Crippen LogP contribution is -2.12. The number of allylic oxidation sites excluding steroid dienone is 1. The first-order valence-electron chi connectivity index (χ1n) is 13.6. The summed E-state index contributed by atoms with van der Waals surface area (Å²) in [5.41, 5.74) is 2.01. The van der Waals surface area contributed by atoms with E-state index in [0.717, 1.165) is 5.56 Å². The highest BCUT2D eigenvalue weighted by molar-refractivity contribution is 5.94. The van der Waals surface area contributed by atoms with E-state index in [4.69, 9.17) is 38.2 Å². The molecule has 0 saturated carbocycles. The summed E-state index contributed by atoms with van der Waals surface area (Å²) in [6.07, 6.45) is 3.82. The van der Waals surface area contributed by atoms with Gasteiger partial charge in [-0.3, -0.25) is 0 Å². The molecule has 0 bridgehead atoms. The van der Waals surface area contributed by atoms with Gasteiger partial charge in [0.1, 0.15) is 42.7 Å². The maximum absolute atomic E-state index is 12.8. The van der Waals surface area contributed by atoms with Gasteiger partial charge in [0, 0.05) is 19.1 Å². The van der Waals surface area contributed by atoms with Crippen LogP contribution in [0.25, 0.3) is 5.76 Å². The first-order valence-corrected chi connectivity index (χ1v) is 13.6. The summed E-state index contributed by atoms with van der Waals surface area (Å²) >= 11 is 0. The van der Waals surface area contributed by atoms with Gasteiger partial charge in [-0.05, 0) is 80.1 Å². The van der Waals surface area contributed by atoms with Crippen molar-refractivity contribution in [2.75, 3.05) is 40.3 Å². The molecule has 43 heavy (non-hydrogen) atoms. The molecule has 0 fully saturated rings. The summed E-state index contributed by atoms with van der Waals surface area (Å²) in [5, 5.41) is 0. The molecule has 3 aromatic carbocycles. The van der Waals surface area contributed by atoms with E-state index in [2.05, 4.69) is 6.58 Å². The van der Waals surface area contributed by atoms with Gasteiger partial charge in [-0.2, -0.15) is 4.89 Å². The van der Waals surface area contributed by atoms with Gasteiger partial charge in [0.25, 0.3) is 0 Å². The van der Waals surface area contributed by atoms with Gasteiger partial charge >= 0.3 is 11.9 Å². The number of methoxy groups -OCH3 is 1. The van der Waals surface area contributed by atoms with Crippen LogP contribution in [0.4, 0.5) is 0 Å². The second-order valence-electron chi connectivity index (χ2n) is 8.98. The molecule has 0 radical (unpaired) electrons. The fourth-order valence-corrected chi connectivity index (χ4v) is 3.55. The maximum Gasteiger partial charge on any atom is 0.343 e. The van der Waals surface area contributed by atoms with Crippen molar-refractivity contribution < 1.29 is 47.8 Å². The first kappa shape index (κ1) is 32.9. The molecule has 0 unspecified atom stereocenters. The first-order chi connectivity index (χ1) is 20.9. The largest absolute Gasteiger partial charge is 0.494 e. The molecule has 0 aliphatic heterocycles. The monoisotopic (exact) mass is 592 g/mol. The van der Waals surface area contributed by atoms with Crippen molar-refractivity contribution in [3.8, 4) is 17.2 Å². The summed E-state index contributed by atoms with van der Waals surface area (Å²) in [5.74, 6) is 0.673. The van der Waals surface area contributed by atoms with Crippen LogP contribution in [0.5, 0.6) is 17.2 Å². The van der Waals surface area contributed by atoms with Gasteiger partial charge in [0.2, 0.25) is 0 Å². The number of rotatable bonds is 18. The Morgan fingerprint density at radius 1 is 0.791 bits per heavy atom. The third kappa shape index (κ3) is 11.3. The van der Waals surface area contributed by atoms with Gasteiger partial charge in [0.15, 0.2) is 0 Å². The standard InChI is InChI=1S/C33H36O10/c1-5-17-40-41-19-6-18-39-28-11-13-29(14-12-28)42-33(35)31-16-15-30(22-24(31)2)43-32(34)27-9-7-26(8-10-27)25(3)38-21-20-37-23-36-4/h5,7-17,22H,3,6,18-21,23H2,1-2,4H3. The molecule has 10 nitrogen and oxygen atoms in total. The van der Waals surface area contributed by atoms with E-state index in [-0.39, 0.29) is 6.79 Å². The average Bonchev–Trinajstić information content (AvgIpc) is 3.01. The van der Waals surface area contributed by atoms with Crippen molar-refractivity contribution in [2.24, 2.45) is 0 Å². The van der Waals surface area contributed by atoms with E-state index in [9.17, 15) is 9.59 Å². The van der Waals surface area contributed by atoms with Crippen molar-refractivity contribution in [1.82, 2.24) is 0 Å². The van der Waals surface area contributed by atoms with Crippen LogP contribution in [-0.4, -0.2) is 52.3 Å². The second kappa shape index (κ2) is 18.0. The lowest BCUT2D eigenvalue weighted by atomic mass is 10.1. The predicted octanol–water partition coefficient (Wildman–Crippen LogP) is 6.29. The Hall–Kier alpha value is -4.64. The number of esters is 2. The Morgan fingerprint density at radius 2 is 1.47 bits per heavy atom. The van der Waals surface area contributed by atoms with Crippen LogP contribution in [0, 0.1) is 6.92 Å². The van der Waals surface area contributed by atoms with Crippen molar-refractivity contribution in [2.45, 2.75) is 20.3 Å². The summed E-state index contributed by atoms with van der Waals surface area (Å²) in [6.45, 7) is 9.16. The second-order valence-corrected chi connectivity index (χ2v) is 8.98. The van der Waals surface area contributed by atoms with Crippen molar-refractivity contribution in [1.29, 1.82) is 0 Å². The third-order valence-corrected chi connectivity index (χ3v) is 5.71. The molecule has 0 saturated heterocycles. The van der Waals surface area contributed by atoms with Crippen LogP contribution in [-0.2, 0) is 24.0 Å². The van der Waals surface area contributed by atoms with Crippen LogP contribution >= 0.6 is 0 Å². The maximum atomic E-state index is 12.8. The summed E-state index contributed by atoms with van der Waals surface area (Å²) in [7, 11) is 1.54. The number of benzene rings is 3. The van der Waals surface area contributed by atoms with Gasteiger partial charge in [-0.15, -0.1) is 0 Å². The third-order valence-electron chi connectivity index (χ3n) is 5.71. The normalized spacial score (nSPS) is 10.8. The zero-order chi connectivity index (χ0) is 30.9. The van der Waals surface area contributed by atoms with Crippen molar-refractivity contribution >= 4 is 17.7 Å². The fraction of sp³-hybridized carbons (Fsp3) is 0.273. The highest BCUT2D eigenvalue weighted by Crippen LogP contribution is 2.23. The van der Waals surface area contributed by atoms with Crippen molar-refractivity contribution in [3.05, 3.63) is 108 Å². The highest BCUT2D eigenvalue weighted by atomic mass is 17.2. The molecule has 10 heteroatoms. The lowest BCUT2D eigenvalue weighted by molar-refractivity contribution is -0.249. The molecule has 228 valence electrons. The number of hydrogen-bond acceptors (Lipinski definition) is 10. The van der Waals surface area contributed by atoms with Gasteiger partial charge < -0.3 is 33.3 Å². The van der Waals surface area contributed by atoms with Gasteiger partial charge in [-0.1, -0.05) is 18.7 Å². The summed E-state index contributed by atoms with van der Waals surface area (Å²) in [6, 6.07) is 18.1. The number of ether oxygens (including phenoxy) is 6. The number of carbonyl (C=O) groups is 2. The Morgan fingerprint density at radius 3 is 2.16 bits per heavy atom. The Balaban J connectivity index is 1.47. The van der Waals surface area contributed by atoms with Crippen LogP contribution in [0.2, 0.25) is 0 Å². The molecule has 0 spiro atoms. The highest BCUT2D eigenvalue weighted by Gasteiger charge is 2.15. The minimum absolute atomic E-state index is 0.191. The molecule has 0 aliphatic carbocycles. The smallest absolute Gasteiger partial charge is 0.343 e. The van der Waals surface area contributed by atoms with Crippen LogP contribution < -0.4 is 14.2 Å². The summed E-state index contributed by atoms with van der Waals surface area (Å²) in [4.78, 5) is 35.2. The number of carbonyl (C=O) groups excluding carboxylic acids is 2. The van der Waals surface area contributed by atoms with E-state index in [1.165, 1.54) is 6.26 Å². The van der Waals surface area contributed by atoms with Crippen molar-refractivity contribution in [3.63, 3.8) is 0 Å².